The second-order valence-electron chi connectivity index (χ2n) is 6.41. The van der Waals surface area contributed by atoms with Gasteiger partial charge in [0.05, 0.1) is 11.4 Å². The number of ether oxygens (including phenoxy) is 1. The molecule has 1 aromatic carbocycles. The number of hydrogen-bond acceptors (Lipinski definition) is 5. The van der Waals surface area contributed by atoms with E-state index < -0.39 is 12.1 Å². The van der Waals surface area contributed by atoms with Crippen molar-refractivity contribution in [3.05, 3.63) is 46.7 Å². The Morgan fingerprint density at radius 2 is 2.08 bits per heavy atom. The van der Waals surface area contributed by atoms with E-state index in [-0.39, 0.29) is 11.6 Å². The van der Waals surface area contributed by atoms with Crippen LogP contribution in [0.25, 0.3) is 15.9 Å². The number of rotatable bonds is 3. The summed E-state index contributed by atoms with van der Waals surface area (Å²) in [6.07, 6.45) is 2.20. The predicted molar refractivity (Wildman–Crippen MR) is 96.3 cm³/mol. The van der Waals surface area contributed by atoms with Gasteiger partial charge in [-0.15, -0.1) is 11.3 Å². The highest BCUT2D eigenvalue weighted by Gasteiger charge is 2.27. The average Bonchev–Trinajstić information content (AvgIpc) is 3.19. The van der Waals surface area contributed by atoms with Crippen LogP contribution < -0.4 is 0 Å². The maximum absolute atomic E-state index is 13.2. The first kappa shape index (κ1) is 16.9. The highest BCUT2D eigenvalue weighted by Crippen LogP contribution is 2.31. The van der Waals surface area contributed by atoms with Crippen molar-refractivity contribution in [2.45, 2.75) is 38.7 Å². The van der Waals surface area contributed by atoms with E-state index in [0.717, 1.165) is 28.8 Å². The molecule has 1 aliphatic rings. The average molecular weight is 372 g/mol. The quantitative estimate of drug-likeness (QED) is 0.647. The number of Topliss-reactive ketones (excluding diaryl/α,β-unsaturated/α-hetero) is 1. The van der Waals surface area contributed by atoms with Gasteiger partial charge in [-0.3, -0.25) is 4.79 Å². The number of benzene rings is 1. The predicted octanol–water partition coefficient (Wildman–Crippen LogP) is 4.20. The van der Waals surface area contributed by atoms with E-state index in [0.29, 0.717) is 23.4 Å². The smallest absolute Gasteiger partial charge is 0.349 e. The Morgan fingerprint density at radius 3 is 2.81 bits per heavy atom. The minimum absolute atomic E-state index is 0.000575. The molecule has 0 aliphatic heterocycles. The van der Waals surface area contributed by atoms with Gasteiger partial charge in [0, 0.05) is 11.8 Å². The van der Waals surface area contributed by atoms with E-state index in [1.54, 1.807) is 22.9 Å². The largest absolute Gasteiger partial charge is 0.450 e. The lowest BCUT2D eigenvalue weighted by atomic mass is 9.96. The van der Waals surface area contributed by atoms with E-state index in [2.05, 4.69) is 5.10 Å². The zero-order valence-electron chi connectivity index (χ0n) is 14.2. The number of ketones is 1. The van der Waals surface area contributed by atoms with E-state index >= 15 is 0 Å². The van der Waals surface area contributed by atoms with Gasteiger partial charge in [0.1, 0.15) is 15.5 Å². The topological polar surface area (TPSA) is 61.2 Å². The molecule has 0 unspecified atom stereocenters. The van der Waals surface area contributed by atoms with E-state index in [9.17, 15) is 14.0 Å². The third-order valence-corrected chi connectivity index (χ3v) is 5.66. The monoisotopic (exact) mass is 372 g/mol. The van der Waals surface area contributed by atoms with Crippen LogP contribution in [0.4, 0.5) is 4.39 Å². The molecule has 1 aliphatic carbocycles. The number of aryl methyl sites for hydroxylation is 1. The van der Waals surface area contributed by atoms with Gasteiger partial charge in [-0.1, -0.05) is 0 Å². The third kappa shape index (κ3) is 3.03. The van der Waals surface area contributed by atoms with Crippen LogP contribution in [0.1, 0.15) is 41.0 Å². The van der Waals surface area contributed by atoms with Gasteiger partial charge in [0.25, 0.3) is 0 Å². The van der Waals surface area contributed by atoms with Crippen molar-refractivity contribution in [1.82, 2.24) is 9.78 Å². The number of carbonyl (C=O) groups is 2. The summed E-state index contributed by atoms with van der Waals surface area (Å²) in [5.41, 5.74) is 1.49. The van der Waals surface area contributed by atoms with Crippen LogP contribution in [-0.4, -0.2) is 27.6 Å². The minimum Gasteiger partial charge on any atom is -0.450 e. The molecule has 0 N–H and O–H groups in total. The van der Waals surface area contributed by atoms with E-state index in [1.807, 2.05) is 6.92 Å². The molecule has 26 heavy (non-hydrogen) atoms. The van der Waals surface area contributed by atoms with Crippen molar-refractivity contribution >= 4 is 33.3 Å². The normalized spacial score (nSPS) is 17.6. The summed E-state index contributed by atoms with van der Waals surface area (Å²) in [4.78, 5) is 25.6. The zero-order chi connectivity index (χ0) is 18.3. The molecule has 0 amide bonds. The number of fused-ring (bicyclic) bond motifs is 1. The molecule has 0 radical (unpaired) electrons. The molecule has 4 rings (SSSR count). The summed E-state index contributed by atoms with van der Waals surface area (Å²) in [6.45, 7) is 1.86. The Balaban J connectivity index is 1.65. The van der Waals surface area contributed by atoms with Crippen molar-refractivity contribution in [2.75, 3.05) is 0 Å². The molecule has 134 valence electrons. The number of esters is 1. The van der Waals surface area contributed by atoms with Gasteiger partial charge in [-0.25, -0.2) is 13.9 Å². The summed E-state index contributed by atoms with van der Waals surface area (Å²) in [7, 11) is 0. The highest BCUT2D eigenvalue weighted by atomic mass is 32.1. The lowest BCUT2D eigenvalue weighted by Gasteiger charge is -2.20. The first-order valence-electron chi connectivity index (χ1n) is 8.52. The summed E-state index contributed by atoms with van der Waals surface area (Å²) >= 11 is 1.26. The lowest BCUT2D eigenvalue weighted by molar-refractivity contribution is -0.129. The van der Waals surface area contributed by atoms with Crippen molar-refractivity contribution in [1.29, 1.82) is 0 Å². The van der Waals surface area contributed by atoms with Crippen LogP contribution in [0.3, 0.4) is 0 Å². The Hall–Kier alpha value is -2.54. The van der Waals surface area contributed by atoms with E-state index in [4.69, 9.17) is 4.74 Å². The van der Waals surface area contributed by atoms with E-state index in [1.165, 1.54) is 23.5 Å². The number of halogens is 1. The fourth-order valence-electron chi connectivity index (χ4n) is 3.17. The fourth-order valence-corrected chi connectivity index (χ4v) is 4.23. The summed E-state index contributed by atoms with van der Waals surface area (Å²) in [5.74, 6) is -0.794. The van der Waals surface area contributed by atoms with Crippen molar-refractivity contribution in [3.8, 4) is 5.69 Å². The fraction of sp³-hybridized carbons (Fsp3) is 0.316. The van der Waals surface area contributed by atoms with Crippen LogP contribution in [-0.2, 0) is 9.53 Å². The lowest BCUT2D eigenvalue weighted by Crippen LogP contribution is -2.29. The van der Waals surface area contributed by atoms with Gasteiger partial charge in [0.2, 0.25) is 0 Å². The van der Waals surface area contributed by atoms with Crippen LogP contribution in [0.15, 0.2) is 30.3 Å². The van der Waals surface area contributed by atoms with Gasteiger partial charge in [0.15, 0.2) is 11.9 Å². The Morgan fingerprint density at radius 1 is 1.31 bits per heavy atom. The van der Waals surface area contributed by atoms with Crippen LogP contribution >= 0.6 is 11.3 Å². The van der Waals surface area contributed by atoms with Crippen molar-refractivity contribution in [2.24, 2.45) is 0 Å². The summed E-state index contributed by atoms with van der Waals surface area (Å²) < 4.78 is 20.3. The van der Waals surface area contributed by atoms with Crippen LogP contribution in [0.2, 0.25) is 0 Å². The number of thiophene rings is 1. The molecule has 0 spiro atoms. The Bertz CT molecular complexity index is 990. The Kier molecular flexibility index (Phi) is 4.32. The second kappa shape index (κ2) is 6.64. The number of aromatic nitrogens is 2. The molecule has 3 aromatic rings. The van der Waals surface area contributed by atoms with Crippen molar-refractivity contribution in [3.63, 3.8) is 0 Å². The minimum atomic E-state index is -0.629. The molecule has 0 saturated heterocycles. The number of nitrogens with zero attached hydrogens (tertiary/aromatic N) is 2. The first-order valence-corrected chi connectivity index (χ1v) is 9.33. The highest BCUT2D eigenvalue weighted by molar-refractivity contribution is 7.20. The van der Waals surface area contributed by atoms with Crippen LogP contribution in [0.5, 0.6) is 0 Å². The van der Waals surface area contributed by atoms with Gasteiger partial charge < -0.3 is 4.74 Å². The van der Waals surface area contributed by atoms with Gasteiger partial charge in [-0.05, 0) is 56.5 Å². The number of carbonyl (C=O) groups excluding carboxylic acids is 2. The summed E-state index contributed by atoms with van der Waals surface area (Å²) in [5, 5.41) is 5.32. The molecule has 2 aromatic heterocycles. The standard InChI is InChI=1S/C19H17FN2O3S/c1-11-14-10-17(19(24)25-16-5-3-2-4-15(16)23)26-18(14)22(21-11)13-8-6-12(20)7-9-13/h6-10,16H,2-5H2,1H3/t16-/m1/s1. The number of hydrogen-bond donors (Lipinski definition) is 0. The zero-order valence-corrected chi connectivity index (χ0v) is 15.0. The molecule has 1 fully saturated rings. The molecule has 2 heterocycles. The molecule has 1 atom stereocenters. The molecular formula is C19H17FN2O3S. The maximum atomic E-state index is 13.2. The molecular weight excluding hydrogens is 355 g/mol. The first-order chi connectivity index (χ1) is 12.5. The summed E-state index contributed by atoms with van der Waals surface area (Å²) in [6, 6.07) is 7.77. The maximum Gasteiger partial charge on any atom is 0.349 e. The third-order valence-electron chi connectivity index (χ3n) is 4.56. The second-order valence-corrected chi connectivity index (χ2v) is 7.44. The SMILES string of the molecule is Cc1nn(-c2ccc(F)cc2)c2sc(C(=O)O[C@@H]3CCCCC3=O)cc12. The molecule has 1 saturated carbocycles. The molecule has 0 bridgehead atoms. The van der Waals surface area contributed by atoms with Gasteiger partial charge >= 0.3 is 5.97 Å². The van der Waals surface area contributed by atoms with Gasteiger partial charge in [-0.2, -0.15) is 5.10 Å². The Labute approximate surface area is 153 Å². The van der Waals surface area contributed by atoms with Crippen LogP contribution in [0, 0.1) is 12.7 Å². The molecule has 5 nitrogen and oxygen atoms in total. The van der Waals surface area contributed by atoms with Crippen molar-refractivity contribution < 1.29 is 18.7 Å². The molecule has 7 heteroatoms.